The summed E-state index contributed by atoms with van der Waals surface area (Å²) in [5.74, 6) is 0.766. The van der Waals surface area contributed by atoms with Crippen molar-refractivity contribution < 1.29 is 0 Å². The summed E-state index contributed by atoms with van der Waals surface area (Å²) >= 11 is 0. The lowest BCUT2D eigenvalue weighted by molar-refractivity contribution is 0.162. The van der Waals surface area contributed by atoms with E-state index in [1.807, 2.05) is 0 Å². The van der Waals surface area contributed by atoms with Gasteiger partial charge in [0.05, 0.1) is 0 Å². The first-order valence-corrected chi connectivity index (χ1v) is 7.62. The van der Waals surface area contributed by atoms with Gasteiger partial charge in [-0.2, -0.15) is 0 Å². The molecule has 0 aromatic heterocycles. The molecule has 2 heteroatoms. The Morgan fingerprint density at radius 1 is 1.32 bits per heavy atom. The van der Waals surface area contributed by atoms with Crippen molar-refractivity contribution in [2.45, 2.75) is 46.7 Å². The summed E-state index contributed by atoms with van der Waals surface area (Å²) in [6.07, 6.45) is 1.26. The summed E-state index contributed by atoms with van der Waals surface area (Å²) < 4.78 is 0. The van der Waals surface area contributed by atoms with E-state index in [0.717, 1.165) is 19.0 Å². The smallest absolute Gasteiger partial charge is 0.0235 e. The fourth-order valence-electron chi connectivity index (χ4n) is 2.81. The minimum atomic E-state index is 0.658. The Morgan fingerprint density at radius 3 is 2.79 bits per heavy atom. The topological polar surface area (TPSA) is 15.3 Å². The van der Waals surface area contributed by atoms with Crippen molar-refractivity contribution in [3.05, 3.63) is 34.9 Å². The van der Waals surface area contributed by atoms with Gasteiger partial charge in [-0.25, -0.2) is 0 Å². The molecule has 2 nitrogen and oxygen atoms in total. The molecule has 0 bridgehead atoms. The maximum Gasteiger partial charge on any atom is 0.0235 e. The van der Waals surface area contributed by atoms with Crippen molar-refractivity contribution in [2.75, 3.05) is 19.6 Å². The van der Waals surface area contributed by atoms with E-state index < -0.39 is 0 Å². The van der Waals surface area contributed by atoms with Crippen LogP contribution in [0.5, 0.6) is 0 Å². The zero-order chi connectivity index (χ0) is 13.8. The number of hydrogen-bond acceptors (Lipinski definition) is 2. The summed E-state index contributed by atoms with van der Waals surface area (Å²) in [5.41, 5.74) is 4.25. The molecule has 0 spiro atoms. The van der Waals surface area contributed by atoms with Gasteiger partial charge in [-0.05, 0) is 36.5 Å². The standard InChI is InChI=1S/C17H28N2/c1-5-13(2)17-12-19(9-8-18-17)11-16-7-6-14(3)15(4)10-16/h6-7,10,13,17-18H,5,8-9,11-12H2,1-4H3. The molecule has 1 aliphatic rings. The Bertz CT molecular complexity index is 414. The second kappa shape index (κ2) is 6.53. The molecular weight excluding hydrogens is 232 g/mol. The summed E-state index contributed by atoms with van der Waals surface area (Å²) in [6.45, 7) is 13.6. The third-order valence-electron chi connectivity index (χ3n) is 4.60. The first-order valence-electron chi connectivity index (χ1n) is 7.62. The summed E-state index contributed by atoms with van der Waals surface area (Å²) in [6, 6.07) is 7.53. The van der Waals surface area contributed by atoms with Gasteiger partial charge in [0.25, 0.3) is 0 Å². The summed E-state index contributed by atoms with van der Waals surface area (Å²) in [5, 5.41) is 3.66. The van der Waals surface area contributed by atoms with E-state index in [9.17, 15) is 0 Å². The Labute approximate surface area is 118 Å². The van der Waals surface area contributed by atoms with Gasteiger partial charge in [-0.3, -0.25) is 4.90 Å². The van der Waals surface area contributed by atoms with Crippen LogP contribution < -0.4 is 5.32 Å². The zero-order valence-electron chi connectivity index (χ0n) is 12.9. The molecule has 2 rings (SSSR count). The molecular formula is C17H28N2. The van der Waals surface area contributed by atoms with Gasteiger partial charge < -0.3 is 5.32 Å². The molecule has 2 unspecified atom stereocenters. The van der Waals surface area contributed by atoms with Gasteiger partial charge in [0.1, 0.15) is 0 Å². The Hall–Kier alpha value is -0.860. The highest BCUT2D eigenvalue weighted by Gasteiger charge is 2.22. The van der Waals surface area contributed by atoms with Crippen LogP contribution >= 0.6 is 0 Å². The van der Waals surface area contributed by atoms with Crippen LogP contribution in [0.2, 0.25) is 0 Å². The predicted octanol–water partition coefficient (Wildman–Crippen LogP) is 3.12. The monoisotopic (exact) mass is 260 g/mol. The summed E-state index contributed by atoms with van der Waals surface area (Å²) in [4.78, 5) is 2.59. The Kier molecular flexibility index (Phi) is 5.00. The zero-order valence-corrected chi connectivity index (χ0v) is 12.9. The minimum absolute atomic E-state index is 0.658. The Balaban J connectivity index is 1.96. The van der Waals surface area contributed by atoms with Crippen LogP contribution in [0.25, 0.3) is 0 Å². The maximum absolute atomic E-state index is 3.66. The van der Waals surface area contributed by atoms with Crippen molar-refractivity contribution >= 4 is 0 Å². The lowest BCUT2D eigenvalue weighted by Crippen LogP contribution is -2.52. The number of hydrogen-bond donors (Lipinski definition) is 1. The fourth-order valence-corrected chi connectivity index (χ4v) is 2.81. The molecule has 1 aromatic carbocycles. The first kappa shape index (κ1) is 14.5. The van der Waals surface area contributed by atoms with Crippen molar-refractivity contribution in [1.29, 1.82) is 0 Å². The molecule has 106 valence electrons. The van der Waals surface area contributed by atoms with Crippen LogP contribution in [0.1, 0.15) is 37.0 Å². The average Bonchev–Trinajstić information content (AvgIpc) is 2.42. The number of nitrogens with zero attached hydrogens (tertiary/aromatic N) is 1. The SMILES string of the molecule is CCC(C)C1CN(Cc2ccc(C)c(C)c2)CCN1. The van der Waals surface area contributed by atoms with Crippen molar-refractivity contribution in [3.63, 3.8) is 0 Å². The minimum Gasteiger partial charge on any atom is -0.311 e. The highest BCUT2D eigenvalue weighted by Crippen LogP contribution is 2.16. The van der Waals surface area contributed by atoms with Gasteiger partial charge in [0.15, 0.2) is 0 Å². The van der Waals surface area contributed by atoms with Crippen LogP contribution in [0.4, 0.5) is 0 Å². The third kappa shape index (κ3) is 3.80. The molecule has 1 aliphatic heterocycles. The number of benzene rings is 1. The van der Waals surface area contributed by atoms with E-state index in [1.54, 1.807) is 0 Å². The van der Waals surface area contributed by atoms with Crippen LogP contribution in [0.3, 0.4) is 0 Å². The highest BCUT2D eigenvalue weighted by molar-refractivity contribution is 5.29. The van der Waals surface area contributed by atoms with Gasteiger partial charge in [-0.1, -0.05) is 38.5 Å². The molecule has 0 aliphatic carbocycles. The van der Waals surface area contributed by atoms with Gasteiger partial charge in [0.2, 0.25) is 0 Å². The predicted molar refractivity (Wildman–Crippen MR) is 82.4 cm³/mol. The van der Waals surface area contributed by atoms with E-state index in [4.69, 9.17) is 0 Å². The molecule has 0 radical (unpaired) electrons. The molecule has 0 amide bonds. The van der Waals surface area contributed by atoms with E-state index >= 15 is 0 Å². The average molecular weight is 260 g/mol. The van der Waals surface area contributed by atoms with Crippen LogP contribution in [0, 0.1) is 19.8 Å². The largest absolute Gasteiger partial charge is 0.311 e. The van der Waals surface area contributed by atoms with E-state index in [1.165, 1.54) is 36.2 Å². The van der Waals surface area contributed by atoms with E-state index in [0.29, 0.717) is 6.04 Å². The second-order valence-corrected chi connectivity index (χ2v) is 6.10. The number of aryl methyl sites for hydroxylation is 2. The van der Waals surface area contributed by atoms with E-state index in [-0.39, 0.29) is 0 Å². The normalized spacial score (nSPS) is 22.4. The maximum atomic E-state index is 3.66. The molecule has 2 atom stereocenters. The lowest BCUT2D eigenvalue weighted by Gasteiger charge is -2.36. The molecule has 1 N–H and O–H groups in total. The molecule has 19 heavy (non-hydrogen) atoms. The second-order valence-electron chi connectivity index (χ2n) is 6.10. The van der Waals surface area contributed by atoms with Crippen LogP contribution in [-0.4, -0.2) is 30.6 Å². The molecule has 1 fully saturated rings. The molecule has 0 saturated carbocycles. The van der Waals surface area contributed by atoms with Crippen LogP contribution in [-0.2, 0) is 6.54 Å². The lowest BCUT2D eigenvalue weighted by atomic mass is 9.97. The first-order chi connectivity index (χ1) is 9.10. The van der Waals surface area contributed by atoms with Crippen molar-refractivity contribution in [3.8, 4) is 0 Å². The van der Waals surface area contributed by atoms with E-state index in [2.05, 4.69) is 56.1 Å². The fraction of sp³-hybridized carbons (Fsp3) is 0.647. The molecule has 1 aromatic rings. The Morgan fingerprint density at radius 2 is 2.11 bits per heavy atom. The van der Waals surface area contributed by atoms with Gasteiger partial charge in [-0.15, -0.1) is 0 Å². The number of rotatable bonds is 4. The molecule has 1 heterocycles. The number of piperazine rings is 1. The quantitative estimate of drug-likeness (QED) is 0.895. The van der Waals surface area contributed by atoms with Gasteiger partial charge >= 0.3 is 0 Å². The van der Waals surface area contributed by atoms with Crippen molar-refractivity contribution in [1.82, 2.24) is 10.2 Å². The highest BCUT2D eigenvalue weighted by atomic mass is 15.2. The third-order valence-corrected chi connectivity index (χ3v) is 4.60. The van der Waals surface area contributed by atoms with Crippen molar-refractivity contribution in [2.24, 2.45) is 5.92 Å². The van der Waals surface area contributed by atoms with Gasteiger partial charge in [0, 0.05) is 32.2 Å². The van der Waals surface area contributed by atoms with Crippen LogP contribution in [0.15, 0.2) is 18.2 Å². The molecule has 1 saturated heterocycles. The summed E-state index contributed by atoms with van der Waals surface area (Å²) in [7, 11) is 0. The number of nitrogens with one attached hydrogen (secondary N) is 1.